The van der Waals surface area contributed by atoms with Crippen molar-refractivity contribution in [3.63, 3.8) is 0 Å². The van der Waals surface area contributed by atoms with Gasteiger partial charge in [0.05, 0.1) is 44.6 Å². The summed E-state index contributed by atoms with van der Waals surface area (Å²) in [6.45, 7) is 2.51. The minimum atomic E-state index is -1.51. The lowest BCUT2D eigenvalue weighted by atomic mass is 10.1. The highest BCUT2D eigenvalue weighted by Crippen LogP contribution is 2.35. The molecular formula is C21H18N2O4S. The van der Waals surface area contributed by atoms with Gasteiger partial charge < -0.3 is 14.6 Å². The Labute approximate surface area is 164 Å². The number of carbonyl (C=O) groups is 2. The lowest BCUT2D eigenvalue weighted by Gasteiger charge is -2.21. The van der Waals surface area contributed by atoms with Gasteiger partial charge in [-0.3, -0.25) is 9.59 Å². The third-order valence-corrected chi connectivity index (χ3v) is 6.09. The fourth-order valence-corrected chi connectivity index (χ4v) is 4.55. The molecule has 0 saturated heterocycles. The molecule has 142 valence electrons. The maximum atomic E-state index is 13.1. The van der Waals surface area contributed by atoms with Crippen molar-refractivity contribution >= 4 is 28.3 Å². The van der Waals surface area contributed by atoms with Gasteiger partial charge in [0.25, 0.3) is 11.8 Å². The van der Waals surface area contributed by atoms with Gasteiger partial charge in [-0.15, -0.1) is 0 Å². The first-order valence-electron chi connectivity index (χ1n) is 8.87. The van der Waals surface area contributed by atoms with Gasteiger partial charge >= 0.3 is 0 Å². The van der Waals surface area contributed by atoms with Crippen LogP contribution in [0.4, 0.5) is 5.69 Å². The fourth-order valence-electron chi connectivity index (χ4n) is 3.20. The predicted octanol–water partition coefficient (Wildman–Crippen LogP) is 3.36. The molecule has 28 heavy (non-hydrogen) atoms. The third kappa shape index (κ3) is 3.14. The number of amides is 2. The van der Waals surface area contributed by atoms with Crippen molar-refractivity contribution in [3.05, 3.63) is 77.7 Å². The molecule has 6 nitrogen and oxygen atoms in total. The Balaban J connectivity index is 1.71. The molecule has 2 amide bonds. The van der Waals surface area contributed by atoms with Crippen molar-refractivity contribution in [3.8, 4) is 0 Å². The van der Waals surface area contributed by atoms with Crippen LogP contribution in [-0.2, 0) is 17.3 Å². The zero-order chi connectivity index (χ0) is 19.7. The Morgan fingerprint density at radius 3 is 2.68 bits per heavy atom. The minimum absolute atomic E-state index is 0.224. The first kappa shape index (κ1) is 18.2. The monoisotopic (exact) mass is 394 g/mol. The molecule has 0 radical (unpaired) electrons. The van der Waals surface area contributed by atoms with Gasteiger partial charge in [0, 0.05) is 12.1 Å². The SMILES string of the molecule is CCN1C(=O)c2ccccc2[S@](=O)c2ccc(C(=O)NCc3ccco3)cc21. The van der Waals surface area contributed by atoms with Crippen LogP contribution in [0.2, 0.25) is 0 Å². The summed E-state index contributed by atoms with van der Waals surface area (Å²) in [6, 6.07) is 15.3. The molecule has 0 spiro atoms. The van der Waals surface area contributed by atoms with Crippen LogP contribution in [-0.4, -0.2) is 22.6 Å². The van der Waals surface area contributed by atoms with Gasteiger partial charge in [0.1, 0.15) is 5.76 Å². The minimum Gasteiger partial charge on any atom is -0.467 e. The molecule has 7 heteroatoms. The molecular weight excluding hydrogens is 376 g/mol. The number of fused-ring (bicyclic) bond motifs is 2. The number of furan rings is 1. The number of nitrogens with one attached hydrogen (secondary N) is 1. The zero-order valence-corrected chi connectivity index (χ0v) is 16.0. The Bertz CT molecular complexity index is 1080. The van der Waals surface area contributed by atoms with E-state index in [9.17, 15) is 13.8 Å². The number of anilines is 1. The van der Waals surface area contributed by atoms with E-state index in [-0.39, 0.29) is 18.4 Å². The van der Waals surface area contributed by atoms with E-state index in [0.717, 1.165) is 0 Å². The maximum Gasteiger partial charge on any atom is 0.259 e. The number of nitrogens with zero attached hydrogens (tertiary/aromatic N) is 1. The van der Waals surface area contributed by atoms with Crippen molar-refractivity contribution in [2.45, 2.75) is 23.3 Å². The highest BCUT2D eigenvalue weighted by molar-refractivity contribution is 7.85. The Kier molecular flexibility index (Phi) is 4.83. The molecule has 0 saturated carbocycles. The van der Waals surface area contributed by atoms with Crippen LogP contribution >= 0.6 is 0 Å². The van der Waals surface area contributed by atoms with Gasteiger partial charge in [-0.25, -0.2) is 4.21 Å². The van der Waals surface area contributed by atoms with Crippen molar-refractivity contribution in [1.29, 1.82) is 0 Å². The number of hydrogen-bond donors (Lipinski definition) is 1. The molecule has 0 fully saturated rings. The van der Waals surface area contributed by atoms with E-state index in [0.29, 0.717) is 38.9 Å². The predicted molar refractivity (Wildman–Crippen MR) is 105 cm³/mol. The van der Waals surface area contributed by atoms with Gasteiger partial charge in [0.2, 0.25) is 0 Å². The summed E-state index contributed by atoms with van der Waals surface area (Å²) in [4.78, 5) is 28.1. The molecule has 3 aromatic rings. The van der Waals surface area contributed by atoms with E-state index < -0.39 is 10.8 Å². The van der Waals surface area contributed by atoms with Crippen LogP contribution < -0.4 is 10.2 Å². The zero-order valence-electron chi connectivity index (χ0n) is 15.2. The molecule has 1 N–H and O–H groups in total. The molecule has 1 aliphatic heterocycles. The van der Waals surface area contributed by atoms with Crippen LogP contribution in [0.25, 0.3) is 0 Å². The summed E-state index contributed by atoms with van der Waals surface area (Å²) >= 11 is 0. The summed E-state index contributed by atoms with van der Waals surface area (Å²) < 4.78 is 18.3. The third-order valence-electron chi connectivity index (χ3n) is 4.59. The normalized spacial score (nSPS) is 15.5. The average molecular weight is 394 g/mol. The van der Waals surface area contributed by atoms with Crippen LogP contribution in [0.5, 0.6) is 0 Å². The molecule has 1 aromatic heterocycles. The quantitative estimate of drug-likeness (QED) is 0.736. The Morgan fingerprint density at radius 1 is 1.11 bits per heavy atom. The second kappa shape index (κ2) is 7.44. The van der Waals surface area contributed by atoms with Gasteiger partial charge in [-0.05, 0) is 49.4 Å². The summed E-state index contributed by atoms with van der Waals surface area (Å²) in [6.07, 6.45) is 1.54. The lowest BCUT2D eigenvalue weighted by Crippen LogP contribution is -2.31. The van der Waals surface area contributed by atoms with Crippen molar-refractivity contribution in [1.82, 2.24) is 5.32 Å². The summed E-state index contributed by atoms with van der Waals surface area (Å²) in [5, 5.41) is 2.78. The Hall–Kier alpha value is -3.19. The van der Waals surface area contributed by atoms with E-state index >= 15 is 0 Å². The number of rotatable bonds is 4. The lowest BCUT2D eigenvalue weighted by molar-refractivity contribution is 0.0945. The standard InChI is InChI=1S/C21H18N2O4S/c1-2-23-17-12-14(20(24)22-13-15-6-5-11-27-15)9-10-19(17)28(26)18-8-4-3-7-16(18)21(23)25/h3-12H,2,13H2,1H3,(H,22,24)/t28-/m0/s1. The molecule has 2 aromatic carbocycles. The molecule has 0 unspecified atom stereocenters. The highest BCUT2D eigenvalue weighted by Gasteiger charge is 2.30. The van der Waals surface area contributed by atoms with Crippen LogP contribution in [0.1, 0.15) is 33.4 Å². The highest BCUT2D eigenvalue weighted by atomic mass is 32.2. The summed E-state index contributed by atoms with van der Waals surface area (Å²) in [7, 11) is -1.51. The van der Waals surface area contributed by atoms with Gasteiger partial charge in [0.15, 0.2) is 0 Å². The van der Waals surface area contributed by atoms with Crippen LogP contribution in [0.3, 0.4) is 0 Å². The molecule has 4 rings (SSSR count). The van der Waals surface area contributed by atoms with E-state index in [1.54, 1.807) is 65.8 Å². The molecule has 1 atom stereocenters. The first-order valence-corrected chi connectivity index (χ1v) is 10.0. The summed E-state index contributed by atoms with van der Waals surface area (Å²) in [5.74, 6) is 0.124. The van der Waals surface area contributed by atoms with Crippen molar-refractivity contribution < 1.29 is 18.2 Å². The largest absolute Gasteiger partial charge is 0.467 e. The van der Waals surface area contributed by atoms with Gasteiger partial charge in [-0.1, -0.05) is 12.1 Å². The van der Waals surface area contributed by atoms with E-state index in [4.69, 9.17) is 4.42 Å². The molecule has 0 aliphatic carbocycles. The Morgan fingerprint density at radius 2 is 1.93 bits per heavy atom. The number of carbonyl (C=O) groups excluding carboxylic acids is 2. The summed E-state index contributed by atoms with van der Waals surface area (Å²) in [5.41, 5.74) is 1.30. The average Bonchev–Trinajstić information content (AvgIpc) is 3.23. The number of hydrogen-bond acceptors (Lipinski definition) is 4. The van der Waals surface area contributed by atoms with Crippen LogP contribution in [0, 0.1) is 0 Å². The van der Waals surface area contributed by atoms with Crippen molar-refractivity contribution in [2.75, 3.05) is 11.4 Å². The topological polar surface area (TPSA) is 79.6 Å². The first-order chi connectivity index (χ1) is 13.6. The maximum absolute atomic E-state index is 13.1. The van der Waals surface area contributed by atoms with E-state index in [1.807, 2.05) is 6.92 Å². The van der Waals surface area contributed by atoms with E-state index in [1.165, 1.54) is 0 Å². The second-order valence-corrected chi connectivity index (χ2v) is 7.68. The smallest absolute Gasteiger partial charge is 0.259 e. The number of benzene rings is 2. The van der Waals surface area contributed by atoms with Gasteiger partial charge in [-0.2, -0.15) is 0 Å². The van der Waals surface area contributed by atoms with Crippen molar-refractivity contribution in [2.24, 2.45) is 0 Å². The molecule has 1 aliphatic rings. The molecule has 2 heterocycles. The molecule has 0 bridgehead atoms. The van der Waals surface area contributed by atoms with Crippen LogP contribution in [0.15, 0.2) is 75.1 Å². The van der Waals surface area contributed by atoms with E-state index in [2.05, 4.69) is 5.32 Å². The fraction of sp³-hybridized carbons (Fsp3) is 0.143. The second-order valence-electron chi connectivity index (χ2n) is 6.26.